The van der Waals surface area contributed by atoms with Crippen molar-refractivity contribution >= 4 is 65.7 Å². The third-order valence-corrected chi connectivity index (χ3v) is 7.97. The number of rotatable bonds is 2. The first-order chi connectivity index (χ1) is 19.3. The van der Waals surface area contributed by atoms with Crippen molar-refractivity contribution in [3.63, 3.8) is 0 Å². The van der Waals surface area contributed by atoms with Gasteiger partial charge >= 0.3 is 0 Å². The molecule has 6 aromatic carbocycles. The maximum absolute atomic E-state index is 6.73. The molecule has 9 aromatic rings. The fourth-order valence-corrected chi connectivity index (χ4v) is 6.19. The van der Waals surface area contributed by atoms with Gasteiger partial charge in [-0.05, 0) is 70.9 Å². The van der Waals surface area contributed by atoms with Crippen molar-refractivity contribution in [1.82, 2.24) is 4.57 Å². The molecule has 0 saturated carbocycles. The number of benzene rings is 6. The van der Waals surface area contributed by atoms with Crippen molar-refractivity contribution in [3.05, 3.63) is 127 Å². The van der Waals surface area contributed by atoms with Crippen molar-refractivity contribution in [1.29, 1.82) is 0 Å². The van der Waals surface area contributed by atoms with Crippen LogP contribution in [0.15, 0.2) is 136 Å². The lowest BCUT2D eigenvalue weighted by molar-refractivity contribution is 0.669. The summed E-state index contributed by atoms with van der Waals surface area (Å²) in [4.78, 5) is 0. The van der Waals surface area contributed by atoms with Crippen molar-refractivity contribution in [2.45, 2.75) is 0 Å². The first kappa shape index (κ1) is 20.7. The highest BCUT2D eigenvalue weighted by molar-refractivity contribution is 6.19. The lowest BCUT2D eigenvalue weighted by Crippen LogP contribution is -1.92. The molecule has 0 aliphatic rings. The number of para-hydroxylation sites is 3. The lowest BCUT2D eigenvalue weighted by Gasteiger charge is -2.08. The quantitative estimate of drug-likeness (QED) is 0.237. The Kier molecular flexibility index (Phi) is 4.05. The van der Waals surface area contributed by atoms with Crippen LogP contribution in [0.1, 0.15) is 0 Å². The van der Waals surface area contributed by atoms with E-state index >= 15 is 0 Å². The highest BCUT2D eigenvalue weighted by Gasteiger charge is 2.21. The summed E-state index contributed by atoms with van der Waals surface area (Å²) in [5.41, 5.74) is 9.07. The second-order valence-electron chi connectivity index (χ2n) is 10.2. The first-order valence-electron chi connectivity index (χ1n) is 13.2. The van der Waals surface area contributed by atoms with Gasteiger partial charge in [0.1, 0.15) is 22.3 Å². The van der Waals surface area contributed by atoms with Crippen LogP contribution in [0, 0.1) is 0 Å². The van der Waals surface area contributed by atoms with Crippen molar-refractivity contribution in [3.8, 4) is 16.8 Å². The number of furan rings is 2. The van der Waals surface area contributed by atoms with E-state index in [1.807, 2.05) is 0 Å². The van der Waals surface area contributed by atoms with Gasteiger partial charge in [-0.3, -0.25) is 0 Å². The van der Waals surface area contributed by atoms with Crippen LogP contribution in [-0.4, -0.2) is 4.57 Å². The molecule has 3 heterocycles. The molecule has 182 valence electrons. The molecule has 0 unspecified atom stereocenters. The summed E-state index contributed by atoms with van der Waals surface area (Å²) in [5.74, 6) is 0. The van der Waals surface area contributed by atoms with Crippen molar-refractivity contribution in [2.75, 3.05) is 0 Å². The molecule has 3 aromatic heterocycles. The van der Waals surface area contributed by atoms with E-state index in [-0.39, 0.29) is 0 Å². The summed E-state index contributed by atoms with van der Waals surface area (Å²) in [6.45, 7) is 0. The molecule has 0 saturated heterocycles. The molecule has 0 N–H and O–H groups in total. The van der Waals surface area contributed by atoms with Crippen LogP contribution in [0.3, 0.4) is 0 Å². The van der Waals surface area contributed by atoms with Gasteiger partial charge in [0.2, 0.25) is 0 Å². The Hall–Kier alpha value is -5.28. The largest absolute Gasteiger partial charge is 0.456 e. The average molecular weight is 500 g/mol. The molecular weight excluding hydrogens is 478 g/mol. The molecule has 0 aliphatic carbocycles. The van der Waals surface area contributed by atoms with Gasteiger partial charge in [-0.15, -0.1) is 0 Å². The van der Waals surface area contributed by atoms with Crippen molar-refractivity contribution < 1.29 is 8.83 Å². The molecule has 3 heteroatoms. The fraction of sp³-hybridized carbons (Fsp3) is 0. The summed E-state index contributed by atoms with van der Waals surface area (Å²) in [7, 11) is 0. The maximum atomic E-state index is 6.73. The molecule has 0 amide bonds. The monoisotopic (exact) mass is 499 g/mol. The Morgan fingerprint density at radius 1 is 0.462 bits per heavy atom. The van der Waals surface area contributed by atoms with Crippen LogP contribution in [-0.2, 0) is 0 Å². The molecule has 0 aliphatic heterocycles. The number of hydrogen-bond acceptors (Lipinski definition) is 2. The van der Waals surface area contributed by atoms with E-state index < -0.39 is 0 Å². The van der Waals surface area contributed by atoms with Crippen LogP contribution < -0.4 is 0 Å². The van der Waals surface area contributed by atoms with E-state index in [1.54, 1.807) is 0 Å². The fourth-order valence-electron chi connectivity index (χ4n) is 6.19. The smallest absolute Gasteiger partial charge is 0.161 e. The van der Waals surface area contributed by atoms with Gasteiger partial charge in [0, 0.05) is 32.8 Å². The van der Waals surface area contributed by atoms with Gasteiger partial charge < -0.3 is 13.4 Å². The van der Waals surface area contributed by atoms with E-state index in [0.717, 1.165) is 71.7 Å². The standard InChI is InChI=1S/C36H21NO2/c1-2-11-25(12-3-1)37-31-16-7-6-13-28(31)36-34(37)29-15-8-14-26(35(29)39-36)24-17-18-27-30-19-22-9-4-5-10-23(22)20-33(30)38-32(27)21-24/h1-21H. The summed E-state index contributed by atoms with van der Waals surface area (Å²) >= 11 is 0. The zero-order valence-electron chi connectivity index (χ0n) is 20.9. The molecule has 0 atom stereocenters. The van der Waals surface area contributed by atoms with Gasteiger partial charge in [-0.25, -0.2) is 0 Å². The second-order valence-corrected chi connectivity index (χ2v) is 10.2. The predicted molar refractivity (Wildman–Crippen MR) is 161 cm³/mol. The third-order valence-electron chi connectivity index (χ3n) is 7.97. The molecule has 39 heavy (non-hydrogen) atoms. The second kappa shape index (κ2) is 7.62. The number of fused-ring (bicyclic) bond motifs is 9. The number of hydrogen-bond donors (Lipinski definition) is 0. The van der Waals surface area contributed by atoms with E-state index in [0.29, 0.717) is 0 Å². The number of nitrogens with zero attached hydrogens (tertiary/aromatic N) is 1. The molecule has 9 rings (SSSR count). The molecule has 0 bridgehead atoms. The first-order valence-corrected chi connectivity index (χ1v) is 13.2. The minimum Gasteiger partial charge on any atom is -0.456 e. The Labute approximate surface area is 223 Å². The van der Waals surface area contributed by atoms with Crippen LogP contribution in [0.25, 0.3) is 82.5 Å². The van der Waals surface area contributed by atoms with Crippen LogP contribution in [0.2, 0.25) is 0 Å². The summed E-state index contributed by atoms with van der Waals surface area (Å²) in [6, 6.07) is 44.6. The van der Waals surface area contributed by atoms with Gasteiger partial charge in [-0.1, -0.05) is 72.8 Å². The van der Waals surface area contributed by atoms with Gasteiger partial charge in [0.15, 0.2) is 5.58 Å². The molecule has 0 fully saturated rings. The Bertz CT molecular complexity index is 2390. The number of aromatic nitrogens is 1. The Balaban J connectivity index is 1.31. The Morgan fingerprint density at radius 3 is 2.10 bits per heavy atom. The van der Waals surface area contributed by atoms with E-state index in [1.165, 1.54) is 10.8 Å². The molecule has 0 radical (unpaired) electrons. The van der Waals surface area contributed by atoms with E-state index in [2.05, 4.69) is 132 Å². The van der Waals surface area contributed by atoms with Crippen molar-refractivity contribution in [2.24, 2.45) is 0 Å². The van der Waals surface area contributed by atoms with E-state index in [9.17, 15) is 0 Å². The molecule has 0 spiro atoms. The average Bonchev–Trinajstić information content (AvgIpc) is 3.64. The highest BCUT2D eigenvalue weighted by Crippen LogP contribution is 2.43. The summed E-state index contributed by atoms with van der Waals surface area (Å²) < 4.78 is 15.4. The minimum absolute atomic E-state index is 0.880. The molecular formula is C36H21NO2. The minimum atomic E-state index is 0.880. The summed E-state index contributed by atoms with van der Waals surface area (Å²) in [5, 5.41) is 6.87. The van der Waals surface area contributed by atoms with Crippen LogP contribution in [0.4, 0.5) is 0 Å². The third kappa shape index (κ3) is 2.87. The van der Waals surface area contributed by atoms with Gasteiger partial charge in [-0.2, -0.15) is 0 Å². The lowest BCUT2D eigenvalue weighted by atomic mass is 10.0. The van der Waals surface area contributed by atoms with E-state index in [4.69, 9.17) is 8.83 Å². The zero-order valence-corrected chi connectivity index (χ0v) is 20.9. The van der Waals surface area contributed by atoms with Gasteiger partial charge in [0.05, 0.1) is 5.52 Å². The van der Waals surface area contributed by atoms with Crippen LogP contribution >= 0.6 is 0 Å². The van der Waals surface area contributed by atoms with Crippen LogP contribution in [0.5, 0.6) is 0 Å². The zero-order chi connectivity index (χ0) is 25.5. The molecule has 3 nitrogen and oxygen atoms in total. The topological polar surface area (TPSA) is 31.2 Å². The Morgan fingerprint density at radius 2 is 1.21 bits per heavy atom. The predicted octanol–water partition coefficient (Wildman–Crippen LogP) is 10.2. The normalized spacial score (nSPS) is 12.1. The maximum Gasteiger partial charge on any atom is 0.161 e. The highest BCUT2D eigenvalue weighted by atomic mass is 16.3. The SMILES string of the molecule is c1ccc(-n2c3ccccc3c3oc4c(-c5ccc6c(c5)oc5cc7ccccc7cc56)cccc4c32)cc1. The van der Waals surface area contributed by atoms with Gasteiger partial charge in [0.25, 0.3) is 0 Å². The summed E-state index contributed by atoms with van der Waals surface area (Å²) in [6.07, 6.45) is 0.